The van der Waals surface area contributed by atoms with Gasteiger partial charge in [-0.05, 0) is 26.8 Å². The molecule has 0 aromatic heterocycles. The van der Waals surface area contributed by atoms with Crippen molar-refractivity contribution < 1.29 is 14.6 Å². The summed E-state index contributed by atoms with van der Waals surface area (Å²) < 4.78 is 4.77. The van der Waals surface area contributed by atoms with E-state index >= 15 is 0 Å². The van der Waals surface area contributed by atoms with Gasteiger partial charge < -0.3 is 15.6 Å². The molecule has 0 radical (unpaired) electrons. The Hall–Kier alpha value is -1.20. The third kappa shape index (κ3) is 4.14. The molecule has 0 saturated heterocycles. The number of carbonyl (C=O) groups is 1. The summed E-state index contributed by atoms with van der Waals surface area (Å²) in [7, 11) is 1.63. The molecule has 0 aliphatic heterocycles. The third-order valence-electron chi connectivity index (χ3n) is 3.05. The minimum atomic E-state index is -0.978. The van der Waals surface area contributed by atoms with Crippen LogP contribution in [0.5, 0.6) is 5.75 Å². The van der Waals surface area contributed by atoms with Crippen LogP contribution in [0.3, 0.4) is 0 Å². The number of hydrogen-bond donors (Lipinski definition) is 2. The number of ether oxygens (including phenoxy) is 1. The van der Waals surface area contributed by atoms with E-state index in [2.05, 4.69) is 0 Å². The van der Waals surface area contributed by atoms with E-state index in [1.165, 1.54) is 11.8 Å². The van der Waals surface area contributed by atoms with Crippen molar-refractivity contribution in [2.45, 2.75) is 37.3 Å². The largest absolute Gasteiger partial charge is 0.496 e. The number of carboxylic acid groups (broad SMARTS) is 1. The van der Waals surface area contributed by atoms with Gasteiger partial charge >= 0.3 is 5.97 Å². The Morgan fingerprint density at radius 3 is 2.68 bits per heavy atom. The molecule has 1 atom stereocenters. The Balaban J connectivity index is 2.81. The molecule has 1 aromatic carbocycles. The van der Waals surface area contributed by atoms with Crippen LogP contribution in [0, 0.1) is 6.92 Å². The van der Waals surface area contributed by atoms with Crippen LogP contribution < -0.4 is 10.5 Å². The number of benzene rings is 1. The predicted octanol–water partition coefficient (Wildman–Crippen LogP) is 2.43. The molecular weight excluding hydrogens is 262 g/mol. The smallest absolute Gasteiger partial charge is 0.321 e. The maximum atomic E-state index is 11.0. The molecule has 1 aromatic rings. The number of thioether (sulfide) groups is 1. The summed E-state index contributed by atoms with van der Waals surface area (Å²) in [6.45, 7) is 5.71. The predicted molar refractivity (Wildman–Crippen MR) is 78.7 cm³/mol. The second-order valence-corrected chi connectivity index (χ2v) is 6.65. The van der Waals surface area contributed by atoms with Crippen LogP contribution in [-0.4, -0.2) is 29.0 Å². The fraction of sp³-hybridized carbons (Fsp3) is 0.500. The minimum Gasteiger partial charge on any atom is -0.496 e. The first-order valence-electron chi connectivity index (χ1n) is 6.04. The minimum absolute atomic E-state index is 0.541. The van der Waals surface area contributed by atoms with Crippen molar-refractivity contribution in [2.75, 3.05) is 7.11 Å². The number of aliphatic carboxylic acids is 1. The van der Waals surface area contributed by atoms with E-state index in [1.807, 2.05) is 39.0 Å². The number of aryl methyl sites for hydroxylation is 1. The molecule has 0 aliphatic rings. The van der Waals surface area contributed by atoms with Crippen LogP contribution in [-0.2, 0) is 10.5 Å². The van der Waals surface area contributed by atoms with Crippen molar-refractivity contribution >= 4 is 17.7 Å². The molecule has 4 nitrogen and oxygen atoms in total. The monoisotopic (exact) mass is 283 g/mol. The summed E-state index contributed by atoms with van der Waals surface area (Å²) in [5.41, 5.74) is 7.91. The van der Waals surface area contributed by atoms with Crippen molar-refractivity contribution in [1.82, 2.24) is 0 Å². The van der Waals surface area contributed by atoms with Crippen molar-refractivity contribution in [3.05, 3.63) is 29.3 Å². The molecule has 106 valence electrons. The first-order valence-corrected chi connectivity index (χ1v) is 7.02. The van der Waals surface area contributed by atoms with Crippen LogP contribution >= 0.6 is 11.8 Å². The molecule has 0 bridgehead atoms. The molecular formula is C14H21NO3S. The van der Waals surface area contributed by atoms with Gasteiger partial charge in [0.25, 0.3) is 0 Å². The Morgan fingerprint density at radius 1 is 1.53 bits per heavy atom. The normalized spacial score (nSPS) is 13.1. The Bertz CT molecular complexity index is 460. The van der Waals surface area contributed by atoms with Gasteiger partial charge in [0, 0.05) is 16.1 Å². The second-order valence-electron chi connectivity index (χ2n) is 5.02. The summed E-state index contributed by atoms with van der Waals surface area (Å²) in [4.78, 5) is 11.0. The van der Waals surface area contributed by atoms with Crippen LogP contribution in [0.25, 0.3) is 0 Å². The molecule has 19 heavy (non-hydrogen) atoms. The lowest BCUT2D eigenvalue weighted by Crippen LogP contribution is -2.46. The Labute approximate surface area is 118 Å². The van der Waals surface area contributed by atoms with Gasteiger partial charge in [0.05, 0.1) is 7.11 Å². The van der Waals surface area contributed by atoms with E-state index < -0.39 is 16.8 Å². The number of hydrogen-bond acceptors (Lipinski definition) is 4. The van der Waals surface area contributed by atoms with Gasteiger partial charge in [-0.2, -0.15) is 0 Å². The topological polar surface area (TPSA) is 72.5 Å². The van der Waals surface area contributed by atoms with Gasteiger partial charge in [0.15, 0.2) is 0 Å². The lowest BCUT2D eigenvalue weighted by molar-refractivity contribution is -0.139. The molecule has 0 fully saturated rings. The quantitative estimate of drug-likeness (QED) is 0.839. The van der Waals surface area contributed by atoms with Crippen LogP contribution in [0.4, 0.5) is 0 Å². The summed E-state index contributed by atoms with van der Waals surface area (Å²) in [5, 5.41) is 9.00. The van der Waals surface area contributed by atoms with Gasteiger partial charge in [0.1, 0.15) is 11.8 Å². The van der Waals surface area contributed by atoms with Crippen molar-refractivity contribution in [3.8, 4) is 5.75 Å². The van der Waals surface area contributed by atoms with E-state index in [-0.39, 0.29) is 0 Å². The first kappa shape index (κ1) is 15.9. The SMILES string of the molecule is COc1ccc(C)cc1CSC(C)(C)[C@H](N)C(=O)O. The fourth-order valence-corrected chi connectivity index (χ4v) is 2.70. The summed E-state index contributed by atoms with van der Waals surface area (Å²) in [6, 6.07) is 5.07. The molecule has 3 N–H and O–H groups in total. The van der Waals surface area contributed by atoms with E-state index in [9.17, 15) is 4.79 Å². The maximum absolute atomic E-state index is 11.0. The van der Waals surface area contributed by atoms with Gasteiger partial charge in [0.2, 0.25) is 0 Å². The zero-order valence-electron chi connectivity index (χ0n) is 11.8. The molecule has 0 spiro atoms. The molecule has 0 unspecified atom stereocenters. The average Bonchev–Trinajstić information content (AvgIpc) is 2.35. The van der Waals surface area contributed by atoms with Gasteiger partial charge in [-0.25, -0.2) is 0 Å². The third-order valence-corrected chi connectivity index (χ3v) is 4.50. The van der Waals surface area contributed by atoms with Crippen LogP contribution in [0.1, 0.15) is 25.0 Å². The van der Waals surface area contributed by atoms with E-state index in [0.717, 1.165) is 16.9 Å². The highest BCUT2D eigenvalue weighted by Crippen LogP contribution is 2.33. The highest BCUT2D eigenvalue weighted by atomic mass is 32.2. The standard InChI is InChI=1S/C14H21NO3S/c1-9-5-6-11(18-4)10(7-9)8-19-14(2,3)12(15)13(16)17/h5-7,12H,8,15H2,1-4H3,(H,16,17)/t12-/m1/s1. The van der Waals surface area contributed by atoms with E-state index in [1.54, 1.807) is 7.11 Å². The number of methoxy groups -OCH3 is 1. The number of rotatable bonds is 6. The molecule has 0 amide bonds. The zero-order valence-corrected chi connectivity index (χ0v) is 12.6. The van der Waals surface area contributed by atoms with E-state index in [4.69, 9.17) is 15.6 Å². The lowest BCUT2D eigenvalue weighted by atomic mass is 10.1. The van der Waals surface area contributed by atoms with E-state index in [0.29, 0.717) is 5.75 Å². The number of nitrogens with two attached hydrogens (primary N) is 1. The van der Waals surface area contributed by atoms with Crippen LogP contribution in [0.15, 0.2) is 18.2 Å². The maximum Gasteiger partial charge on any atom is 0.321 e. The Kier molecular flexibility index (Phi) is 5.26. The molecule has 0 heterocycles. The second kappa shape index (κ2) is 6.30. The molecule has 5 heteroatoms. The summed E-state index contributed by atoms with van der Waals surface area (Å²) in [6.07, 6.45) is 0. The Morgan fingerprint density at radius 2 is 2.16 bits per heavy atom. The van der Waals surface area contributed by atoms with Crippen LogP contribution in [0.2, 0.25) is 0 Å². The first-order chi connectivity index (χ1) is 8.77. The summed E-state index contributed by atoms with van der Waals surface area (Å²) >= 11 is 1.52. The lowest BCUT2D eigenvalue weighted by Gasteiger charge is -2.28. The fourth-order valence-electron chi connectivity index (χ4n) is 1.67. The molecule has 0 saturated carbocycles. The average molecular weight is 283 g/mol. The molecule has 0 aliphatic carbocycles. The van der Waals surface area contributed by atoms with Gasteiger partial charge in [-0.1, -0.05) is 17.7 Å². The van der Waals surface area contributed by atoms with Crippen molar-refractivity contribution in [1.29, 1.82) is 0 Å². The zero-order chi connectivity index (χ0) is 14.6. The van der Waals surface area contributed by atoms with Gasteiger partial charge in [-0.3, -0.25) is 4.79 Å². The van der Waals surface area contributed by atoms with Crippen molar-refractivity contribution in [3.63, 3.8) is 0 Å². The highest BCUT2D eigenvalue weighted by molar-refractivity contribution is 7.99. The van der Waals surface area contributed by atoms with Gasteiger partial charge in [-0.15, -0.1) is 11.8 Å². The molecule has 1 rings (SSSR count). The summed E-state index contributed by atoms with van der Waals surface area (Å²) in [5.74, 6) is 0.505. The number of carboxylic acids is 1. The highest BCUT2D eigenvalue weighted by Gasteiger charge is 2.32. The van der Waals surface area contributed by atoms with Crippen molar-refractivity contribution in [2.24, 2.45) is 5.73 Å².